The second-order valence-corrected chi connectivity index (χ2v) is 10.9. The number of nitrogens with zero attached hydrogens (tertiary/aromatic N) is 1. The molecule has 1 aliphatic rings. The molecule has 2 N–H and O–H groups in total. The van der Waals surface area contributed by atoms with Crippen LogP contribution in [0.4, 0.5) is 5.69 Å². The Morgan fingerprint density at radius 3 is 2.36 bits per heavy atom. The van der Waals surface area contributed by atoms with Gasteiger partial charge in [-0.3, -0.25) is 9.69 Å². The van der Waals surface area contributed by atoms with Crippen molar-refractivity contribution in [1.82, 2.24) is 9.62 Å². The zero-order valence-electron chi connectivity index (χ0n) is 19.9. The Labute approximate surface area is 197 Å². The summed E-state index contributed by atoms with van der Waals surface area (Å²) in [6, 6.07) is 12.9. The highest BCUT2D eigenvalue weighted by atomic mass is 32.2. The van der Waals surface area contributed by atoms with Gasteiger partial charge in [-0.15, -0.1) is 0 Å². The molecule has 0 aromatic heterocycles. The van der Waals surface area contributed by atoms with Crippen LogP contribution in [-0.4, -0.2) is 45.5 Å². The molecule has 180 valence electrons. The molecule has 8 heteroatoms. The molecular formula is C25H35N3O4S. The third-order valence-electron chi connectivity index (χ3n) is 5.97. The van der Waals surface area contributed by atoms with Gasteiger partial charge in [0.2, 0.25) is 15.9 Å². The number of benzene rings is 2. The van der Waals surface area contributed by atoms with E-state index in [1.807, 2.05) is 38.1 Å². The molecule has 1 saturated heterocycles. The minimum atomic E-state index is -3.87. The molecule has 2 atom stereocenters. The van der Waals surface area contributed by atoms with Gasteiger partial charge in [0.05, 0.1) is 12.0 Å². The number of carbonyl (C=O) groups excluding carboxylic acids is 1. The third-order valence-corrected chi connectivity index (χ3v) is 7.43. The van der Waals surface area contributed by atoms with Crippen molar-refractivity contribution in [2.24, 2.45) is 11.8 Å². The first-order valence-electron chi connectivity index (χ1n) is 11.5. The maximum Gasteiger partial charge on any atom is 0.242 e. The summed E-state index contributed by atoms with van der Waals surface area (Å²) in [7, 11) is -2.35. The normalized spacial score (nSPS) is 18.2. The Morgan fingerprint density at radius 2 is 1.79 bits per heavy atom. The second-order valence-electron chi connectivity index (χ2n) is 9.19. The number of carbonyl (C=O) groups is 1. The van der Waals surface area contributed by atoms with Gasteiger partial charge in [-0.2, -0.15) is 4.72 Å². The fraction of sp³-hybridized carbons (Fsp3) is 0.480. The average molecular weight is 474 g/mol. The molecule has 0 bridgehead atoms. The predicted molar refractivity (Wildman–Crippen MR) is 131 cm³/mol. The SMILES string of the molecule is COc1ccc(S(=O)(=O)N[C@H](C(=O)Nc2ccc(CN3CCCC(C)C3)cc2)C(C)C)cc1. The molecule has 0 aliphatic carbocycles. The molecule has 3 rings (SSSR count). The Balaban J connectivity index is 1.63. The van der Waals surface area contributed by atoms with E-state index in [1.165, 1.54) is 37.6 Å². The standard InChI is InChI=1S/C25H35N3O4S/c1-18(2)24(27-33(30,31)23-13-11-22(32-4)12-14-23)25(29)26-21-9-7-20(8-10-21)17-28-15-5-6-19(3)16-28/h7-14,18-19,24,27H,5-6,15-17H2,1-4H3,(H,26,29)/t19?,24-/m0/s1. The molecular weight excluding hydrogens is 438 g/mol. The summed E-state index contributed by atoms with van der Waals surface area (Å²) in [5.41, 5.74) is 1.84. The zero-order chi connectivity index (χ0) is 24.0. The molecule has 1 aliphatic heterocycles. The quantitative estimate of drug-likeness (QED) is 0.577. The largest absolute Gasteiger partial charge is 0.497 e. The van der Waals surface area contributed by atoms with Gasteiger partial charge < -0.3 is 10.1 Å². The van der Waals surface area contributed by atoms with Crippen molar-refractivity contribution < 1.29 is 17.9 Å². The number of likely N-dealkylation sites (tertiary alicyclic amines) is 1. The number of hydrogen-bond donors (Lipinski definition) is 2. The van der Waals surface area contributed by atoms with Gasteiger partial charge in [-0.05, 0) is 73.2 Å². The van der Waals surface area contributed by atoms with Crippen molar-refractivity contribution in [2.45, 2.75) is 51.1 Å². The van der Waals surface area contributed by atoms with E-state index >= 15 is 0 Å². The van der Waals surface area contributed by atoms with E-state index in [4.69, 9.17) is 4.74 Å². The van der Waals surface area contributed by atoms with Crippen LogP contribution in [0.15, 0.2) is 53.4 Å². The van der Waals surface area contributed by atoms with Crippen LogP contribution < -0.4 is 14.8 Å². The molecule has 7 nitrogen and oxygen atoms in total. The molecule has 1 heterocycles. The number of nitrogens with one attached hydrogen (secondary N) is 2. The highest BCUT2D eigenvalue weighted by Crippen LogP contribution is 2.20. The van der Waals surface area contributed by atoms with Crippen LogP contribution in [0, 0.1) is 11.8 Å². The molecule has 0 saturated carbocycles. The summed E-state index contributed by atoms with van der Waals surface area (Å²) >= 11 is 0. The number of methoxy groups -OCH3 is 1. The molecule has 1 amide bonds. The Bertz CT molecular complexity index is 1020. The van der Waals surface area contributed by atoms with Crippen LogP contribution in [0.25, 0.3) is 0 Å². The molecule has 2 aromatic carbocycles. The van der Waals surface area contributed by atoms with Gasteiger partial charge in [0, 0.05) is 18.8 Å². The van der Waals surface area contributed by atoms with E-state index in [0.29, 0.717) is 11.4 Å². The maximum absolute atomic E-state index is 12.9. The molecule has 0 radical (unpaired) electrons. The van der Waals surface area contributed by atoms with Crippen molar-refractivity contribution in [2.75, 3.05) is 25.5 Å². The first kappa shape index (κ1) is 25.2. The van der Waals surface area contributed by atoms with Gasteiger partial charge in [0.25, 0.3) is 0 Å². The zero-order valence-corrected chi connectivity index (χ0v) is 20.7. The van der Waals surface area contributed by atoms with E-state index in [2.05, 4.69) is 21.9 Å². The van der Waals surface area contributed by atoms with Gasteiger partial charge in [0.1, 0.15) is 11.8 Å². The smallest absolute Gasteiger partial charge is 0.242 e. The fourth-order valence-electron chi connectivity index (χ4n) is 4.08. The lowest BCUT2D eigenvalue weighted by molar-refractivity contribution is -0.118. The molecule has 33 heavy (non-hydrogen) atoms. The van der Waals surface area contributed by atoms with Gasteiger partial charge in [0.15, 0.2) is 0 Å². The summed E-state index contributed by atoms with van der Waals surface area (Å²) < 4.78 is 33.3. The topological polar surface area (TPSA) is 87.7 Å². The summed E-state index contributed by atoms with van der Waals surface area (Å²) in [5, 5.41) is 2.85. The van der Waals surface area contributed by atoms with E-state index in [-0.39, 0.29) is 16.7 Å². The van der Waals surface area contributed by atoms with Crippen molar-refractivity contribution in [1.29, 1.82) is 0 Å². The highest BCUT2D eigenvalue weighted by Gasteiger charge is 2.28. The second kappa shape index (κ2) is 11.1. The molecule has 0 spiro atoms. The monoisotopic (exact) mass is 473 g/mol. The third kappa shape index (κ3) is 7.03. The van der Waals surface area contributed by atoms with Gasteiger partial charge in [-0.25, -0.2) is 8.42 Å². The first-order chi connectivity index (χ1) is 15.7. The fourth-order valence-corrected chi connectivity index (χ4v) is 5.43. The van der Waals surface area contributed by atoms with Gasteiger partial charge in [-0.1, -0.05) is 32.9 Å². The minimum Gasteiger partial charge on any atom is -0.497 e. The Hall–Kier alpha value is -2.42. The summed E-state index contributed by atoms with van der Waals surface area (Å²) in [6.45, 7) is 9.04. The van der Waals surface area contributed by atoms with Gasteiger partial charge >= 0.3 is 0 Å². The number of sulfonamides is 1. The van der Waals surface area contributed by atoms with E-state index < -0.39 is 16.1 Å². The number of hydrogen-bond acceptors (Lipinski definition) is 5. The van der Waals surface area contributed by atoms with E-state index in [1.54, 1.807) is 12.1 Å². The summed E-state index contributed by atoms with van der Waals surface area (Å²) in [6.07, 6.45) is 2.53. The van der Waals surface area contributed by atoms with Crippen LogP contribution in [0.5, 0.6) is 5.75 Å². The van der Waals surface area contributed by atoms with Crippen molar-refractivity contribution >= 4 is 21.6 Å². The summed E-state index contributed by atoms with van der Waals surface area (Å²) in [4.78, 5) is 15.5. The highest BCUT2D eigenvalue weighted by molar-refractivity contribution is 7.89. The van der Waals surface area contributed by atoms with Crippen molar-refractivity contribution in [3.05, 3.63) is 54.1 Å². The lowest BCUT2D eigenvalue weighted by atomic mass is 10.00. The van der Waals surface area contributed by atoms with Crippen LogP contribution in [0.3, 0.4) is 0 Å². The average Bonchev–Trinajstić information content (AvgIpc) is 2.78. The Morgan fingerprint density at radius 1 is 1.12 bits per heavy atom. The molecule has 1 fully saturated rings. The van der Waals surface area contributed by atoms with Crippen LogP contribution in [0.1, 0.15) is 39.2 Å². The van der Waals surface area contributed by atoms with Crippen LogP contribution >= 0.6 is 0 Å². The molecule has 2 aromatic rings. The lowest BCUT2D eigenvalue weighted by Gasteiger charge is -2.30. The molecule has 1 unspecified atom stereocenters. The number of amides is 1. The van der Waals surface area contributed by atoms with E-state index in [9.17, 15) is 13.2 Å². The van der Waals surface area contributed by atoms with Crippen LogP contribution in [-0.2, 0) is 21.4 Å². The predicted octanol–water partition coefficient (Wildman–Crippen LogP) is 3.87. The van der Waals surface area contributed by atoms with Crippen molar-refractivity contribution in [3.8, 4) is 5.75 Å². The van der Waals surface area contributed by atoms with E-state index in [0.717, 1.165) is 25.6 Å². The van der Waals surface area contributed by atoms with Crippen LogP contribution in [0.2, 0.25) is 0 Å². The minimum absolute atomic E-state index is 0.0816. The number of ether oxygens (including phenoxy) is 1. The first-order valence-corrected chi connectivity index (χ1v) is 12.9. The number of anilines is 1. The van der Waals surface area contributed by atoms with Crippen molar-refractivity contribution in [3.63, 3.8) is 0 Å². The number of rotatable bonds is 9. The lowest BCUT2D eigenvalue weighted by Crippen LogP contribution is -2.47. The maximum atomic E-state index is 12.9. The Kier molecular flexibility index (Phi) is 8.51. The number of piperidine rings is 1. The summed E-state index contributed by atoms with van der Waals surface area (Å²) in [5.74, 6) is 0.662.